The van der Waals surface area contributed by atoms with Crippen LogP contribution in [-0.2, 0) is 0 Å². The van der Waals surface area contributed by atoms with E-state index in [1.165, 1.54) is 60.3 Å². The highest BCUT2D eigenvalue weighted by atomic mass is 15.2. The molecule has 0 radical (unpaired) electrons. The summed E-state index contributed by atoms with van der Waals surface area (Å²) < 4.78 is 4.73. The van der Waals surface area contributed by atoms with Gasteiger partial charge in [-0.05, 0) is 82.4 Å². The number of nitrogens with zero attached hydrogens (tertiary/aromatic N) is 4. The first-order valence-corrected chi connectivity index (χ1v) is 20.7. The Hall–Kier alpha value is -8.28. The van der Waals surface area contributed by atoms with Crippen LogP contribution in [0.3, 0.4) is 0 Å². The van der Waals surface area contributed by atoms with E-state index >= 15 is 0 Å². The van der Waals surface area contributed by atoms with E-state index in [1.54, 1.807) is 0 Å². The second-order valence-corrected chi connectivity index (χ2v) is 15.6. The first-order valence-electron chi connectivity index (χ1n) is 20.7. The molecule has 0 aliphatic heterocycles. The number of benzene rings is 9. The maximum atomic E-state index is 5.03. The molecule has 61 heavy (non-hydrogen) atoms. The summed E-state index contributed by atoms with van der Waals surface area (Å²) in [6.45, 7) is 0. The Labute approximate surface area is 352 Å². The molecule has 0 saturated carbocycles. The number of rotatable bonds is 7. The van der Waals surface area contributed by atoms with E-state index in [0.717, 1.165) is 45.0 Å². The van der Waals surface area contributed by atoms with Gasteiger partial charge in [0.2, 0.25) is 0 Å². The lowest BCUT2D eigenvalue weighted by atomic mass is 9.94. The topological polar surface area (TPSA) is 51.4 Å². The minimum atomic E-state index is 0.653. The molecule has 5 nitrogen and oxygen atoms in total. The number of para-hydroxylation sites is 4. The van der Waals surface area contributed by atoms with Crippen molar-refractivity contribution in [3.63, 3.8) is 0 Å². The molecule has 12 aromatic rings. The number of aromatic nitrogens is 5. The molecule has 0 fully saturated rings. The van der Waals surface area contributed by atoms with Gasteiger partial charge in [0.15, 0.2) is 11.6 Å². The fraction of sp³-hybridized carbons (Fsp3) is 0. The highest BCUT2D eigenvalue weighted by Gasteiger charge is 2.18. The normalized spacial score (nSPS) is 11.6. The second kappa shape index (κ2) is 14.2. The summed E-state index contributed by atoms with van der Waals surface area (Å²) >= 11 is 0. The van der Waals surface area contributed by atoms with Crippen molar-refractivity contribution in [3.05, 3.63) is 218 Å². The van der Waals surface area contributed by atoms with Gasteiger partial charge in [0.05, 0.1) is 27.8 Å². The fourth-order valence-electron chi connectivity index (χ4n) is 9.15. The maximum absolute atomic E-state index is 5.03. The summed E-state index contributed by atoms with van der Waals surface area (Å²) in [5.74, 6) is 1.37. The van der Waals surface area contributed by atoms with Crippen molar-refractivity contribution in [2.75, 3.05) is 0 Å². The largest absolute Gasteiger partial charge is 0.309 e. The zero-order chi connectivity index (χ0) is 40.3. The van der Waals surface area contributed by atoms with Gasteiger partial charge < -0.3 is 9.13 Å². The zero-order valence-electron chi connectivity index (χ0n) is 33.1. The van der Waals surface area contributed by atoms with Crippen LogP contribution < -0.4 is 0 Å². The van der Waals surface area contributed by atoms with Gasteiger partial charge in [-0.2, -0.15) is 5.10 Å². The molecule has 0 aliphatic carbocycles. The molecule has 0 aliphatic rings. The van der Waals surface area contributed by atoms with E-state index in [-0.39, 0.29) is 0 Å². The molecule has 3 aromatic heterocycles. The number of nitrogens with one attached hydrogen (secondary N) is 1. The van der Waals surface area contributed by atoms with Crippen LogP contribution in [0.4, 0.5) is 0 Å². The Kier molecular flexibility index (Phi) is 8.10. The minimum absolute atomic E-state index is 0.653. The van der Waals surface area contributed by atoms with Crippen LogP contribution in [0.2, 0.25) is 0 Å². The molecular formula is C56H37N5. The molecule has 0 saturated heterocycles. The molecular weight excluding hydrogens is 743 g/mol. The Bertz CT molecular complexity index is 3480. The predicted molar refractivity (Wildman–Crippen MR) is 252 cm³/mol. The molecule has 0 atom stereocenters. The van der Waals surface area contributed by atoms with E-state index in [4.69, 9.17) is 10.1 Å². The van der Waals surface area contributed by atoms with Crippen molar-refractivity contribution in [3.8, 4) is 67.5 Å². The standard InChI is InChI=1S/C56H37N5/c1-2-14-37(15-3-1)40-16-12-17-41(34-40)42-32-33-54(61-52-26-10-6-22-47(52)48-23-7-11-27-53(48)61)49(36-42)38-28-30-39(31-29-38)55-57-56(59-58-55)43-18-13-19-44(35-43)60-50-24-8-4-20-45(50)46-21-5-9-25-51(46)60/h1-36H,(H,57,58,59). The van der Waals surface area contributed by atoms with Crippen molar-refractivity contribution < 1.29 is 0 Å². The SMILES string of the molecule is c1ccc(-c2cccc(-c3ccc(-n4c5ccccc5c5ccccc54)c(-c4ccc(-c5nc(-c6cccc(-n7c8ccccc8c8ccccc87)c6)n[nH]5)cc4)c3)c2)cc1. The highest BCUT2D eigenvalue weighted by molar-refractivity contribution is 6.10. The zero-order valence-corrected chi connectivity index (χ0v) is 33.1. The maximum Gasteiger partial charge on any atom is 0.181 e. The van der Waals surface area contributed by atoms with E-state index in [2.05, 4.69) is 233 Å². The quantitative estimate of drug-likeness (QED) is 0.175. The predicted octanol–water partition coefficient (Wildman–Crippen LogP) is 14.3. The lowest BCUT2D eigenvalue weighted by molar-refractivity contribution is 1.10. The first-order chi connectivity index (χ1) is 30.2. The third kappa shape index (κ3) is 5.86. The van der Waals surface area contributed by atoms with Crippen molar-refractivity contribution in [1.29, 1.82) is 0 Å². The number of fused-ring (bicyclic) bond motifs is 6. The van der Waals surface area contributed by atoms with Gasteiger partial charge in [-0.1, -0.05) is 164 Å². The van der Waals surface area contributed by atoms with Crippen LogP contribution in [0, 0.1) is 0 Å². The molecule has 0 amide bonds. The molecule has 12 rings (SSSR count). The van der Waals surface area contributed by atoms with Gasteiger partial charge in [-0.3, -0.25) is 5.10 Å². The Balaban J connectivity index is 0.940. The van der Waals surface area contributed by atoms with Crippen LogP contribution in [0.5, 0.6) is 0 Å². The fourth-order valence-corrected chi connectivity index (χ4v) is 9.15. The summed E-state index contributed by atoms with van der Waals surface area (Å²) in [5.41, 5.74) is 15.8. The van der Waals surface area contributed by atoms with Crippen LogP contribution in [-0.4, -0.2) is 24.3 Å². The molecule has 0 bridgehead atoms. The van der Waals surface area contributed by atoms with E-state index in [1.807, 2.05) is 0 Å². The Morgan fingerprint density at radius 3 is 1.44 bits per heavy atom. The van der Waals surface area contributed by atoms with Crippen LogP contribution in [0.15, 0.2) is 218 Å². The number of H-pyrrole nitrogens is 1. The average molecular weight is 780 g/mol. The van der Waals surface area contributed by atoms with Crippen molar-refractivity contribution in [2.45, 2.75) is 0 Å². The van der Waals surface area contributed by atoms with Crippen LogP contribution in [0.1, 0.15) is 0 Å². The van der Waals surface area contributed by atoms with Crippen molar-refractivity contribution in [1.82, 2.24) is 24.3 Å². The molecule has 9 aromatic carbocycles. The van der Waals surface area contributed by atoms with Crippen molar-refractivity contribution >= 4 is 43.6 Å². The molecule has 0 unspecified atom stereocenters. The summed E-state index contributed by atoms with van der Waals surface area (Å²) in [6.07, 6.45) is 0. The lowest BCUT2D eigenvalue weighted by Gasteiger charge is -2.17. The molecule has 3 heterocycles. The van der Waals surface area contributed by atoms with Gasteiger partial charge in [0.25, 0.3) is 0 Å². The summed E-state index contributed by atoms with van der Waals surface area (Å²) in [6, 6.07) is 78.0. The Morgan fingerprint density at radius 1 is 0.328 bits per heavy atom. The number of hydrogen-bond acceptors (Lipinski definition) is 2. The van der Waals surface area contributed by atoms with Crippen molar-refractivity contribution in [2.24, 2.45) is 0 Å². The highest BCUT2D eigenvalue weighted by Crippen LogP contribution is 2.40. The lowest BCUT2D eigenvalue weighted by Crippen LogP contribution is -1.98. The van der Waals surface area contributed by atoms with Crippen LogP contribution >= 0.6 is 0 Å². The monoisotopic (exact) mass is 779 g/mol. The van der Waals surface area contributed by atoms with Gasteiger partial charge in [-0.25, -0.2) is 4.98 Å². The Morgan fingerprint density at radius 2 is 0.803 bits per heavy atom. The average Bonchev–Trinajstić information content (AvgIpc) is 4.06. The smallest absolute Gasteiger partial charge is 0.181 e. The molecule has 0 spiro atoms. The van der Waals surface area contributed by atoms with E-state index < -0.39 is 0 Å². The third-order valence-electron chi connectivity index (χ3n) is 12.0. The van der Waals surface area contributed by atoms with Gasteiger partial charge >= 0.3 is 0 Å². The summed E-state index contributed by atoms with van der Waals surface area (Å²) in [7, 11) is 0. The number of hydrogen-bond donors (Lipinski definition) is 1. The second-order valence-electron chi connectivity index (χ2n) is 15.6. The van der Waals surface area contributed by atoms with Gasteiger partial charge in [-0.15, -0.1) is 0 Å². The first kappa shape index (κ1) is 34.7. The summed E-state index contributed by atoms with van der Waals surface area (Å²) in [5, 5.41) is 12.9. The summed E-state index contributed by atoms with van der Waals surface area (Å²) in [4.78, 5) is 5.03. The molecule has 1 N–H and O–H groups in total. The van der Waals surface area contributed by atoms with E-state index in [0.29, 0.717) is 5.82 Å². The van der Waals surface area contributed by atoms with Gasteiger partial charge in [0, 0.05) is 43.9 Å². The van der Waals surface area contributed by atoms with Crippen LogP contribution in [0.25, 0.3) is 111 Å². The van der Waals surface area contributed by atoms with E-state index in [9.17, 15) is 0 Å². The number of aromatic amines is 1. The molecule has 286 valence electrons. The minimum Gasteiger partial charge on any atom is -0.309 e. The molecule has 5 heteroatoms. The van der Waals surface area contributed by atoms with Gasteiger partial charge in [0.1, 0.15) is 0 Å². The third-order valence-corrected chi connectivity index (χ3v) is 12.0.